The molecule has 2 heterocycles. The van der Waals surface area contributed by atoms with Crippen LogP contribution in [0.3, 0.4) is 0 Å². The molecule has 1 atom stereocenters. The van der Waals surface area contributed by atoms with Gasteiger partial charge in [-0.15, -0.1) is 0 Å². The third kappa shape index (κ3) is 7.54. The average molecular weight is 534 g/mol. The minimum atomic E-state index is -0.508. The molecule has 1 fully saturated rings. The first kappa shape index (κ1) is 28.0. The van der Waals surface area contributed by atoms with Crippen LogP contribution in [-0.2, 0) is 11.3 Å². The van der Waals surface area contributed by atoms with Gasteiger partial charge in [0.2, 0.25) is 0 Å². The van der Waals surface area contributed by atoms with Crippen molar-refractivity contribution in [1.29, 1.82) is 0 Å². The predicted octanol–water partition coefficient (Wildman–Crippen LogP) is 5.68. The van der Waals surface area contributed by atoms with Gasteiger partial charge in [-0.1, -0.05) is 12.1 Å². The van der Waals surface area contributed by atoms with Crippen molar-refractivity contribution < 1.29 is 18.7 Å². The van der Waals surface area contributed by atoms with Crippen LogP contribution < -0.4 is 10.2 Å². The topological polar surface area (TPSA) is 78.0 Å². The quantitative estimate of drug-likeness (QED) is 0.439. The molecule has 0 spiro atoms. The van der Waals surface area contributed by atoms with E-state index in [1.807, 2.05) is 52.0 Å². The van der Waals surface area contributed by atoms with Gasteiger partial charge in [0.15, 0.2) is 0 Å². The number of rotatable bonds is 6. The third-order valence-corrected chi connectivity index (χ3v) is 6.49. The monoisotopic (exact) mass is 533 g/mol. The van der Waals surface area contributed by atoms with Crippen molar-refractivity contribution in [3.05, 3.63) is 83.9 Å². The Kier molecular flexibility index (Phi) is 8.50. The predicted molar refractivity (Wildman–Crippen MR) is 151 cm³/mol. The molecule has 206 valence electrons. The summed E-state index contributed by atoms with van der Waals surface area (Å²) in [7, 11) is 1.72. The van der Waals surface area contributed by atoms with Gasteiger partial charge < -0.3 is 19.9 Å². The fraction of sp³-hybridized carbons (Fsp3) is 0.367. The lowest BCUT2D eigenvalue weighted by Crippen LogP contribution is -2.54. The van der Waals surface area contributed by atoms with Gasteiger partial charge in [-0.25, -0.2) is 14.2 Å². The van der Waals surface area contributed by atoms with Crippen molar-refractivity contribution in [2.45, 2.75) is 45.9 Å². The van der Waals surface area contributed by atoms with Crippen LogP contribution in [0.15, 0.2) is 66.9 Å². The van der Waals surface area contributed by atoms with E-state index in [1.165, 1.54) is 12.1 Å². The third-order valence-electron chi connectivity index (χ3n) is 6.49. The minimum Gasteiger partial charge on any atom is -0.444 e. The number of carbonyl (C=O) groups is 2. The molecule has 39 heavy (non-hydrogen) atoms. The molecular weight excluding hydrogens is 497 g/mol. The number of amides is 2. The van der Waals surface area contributed by atoms with E-state index in [9.17, 15) is 14.0 Å². The summed E-state index contributed by atoms with van der Waals surface area (Å²) in [6.45, 7) is 10.6. The van der Waals surface area contributed by atoms with Crippen LogP contribution in [0.5, 0.6) is 0 Å². The molecule has 4 rings (SSSR count). The smallest absolute Gasteiger partial charge is 0.410 e. The van der Waals surface area contributed by atoms with E-state index in [4.69, 9.17) is 4.74 Å². The molecular formula is C30H36FN5O3. The maximum atomic E-state index is 13.1. The first-order chi connectivity index (χ1) is 18.5. The molecule has 0 aliphatic carbocycles. The highest BCUT2D eigenvalue weighted by molar-refractivity contribution is 6.04. The number of halogens is 1. The summed E-state index contributed by atoms with van der Waals surface area (Å²) in [6, 6.07) is 17.4. The van der Waals surface area contributed by atoms with Crippen LogP contribution in [0.4, 0.5) is 26.2 Å². The molecule has 1 aliphatic heterocycles. The Bertz CT molecular complexity index is 1270. The van der Waals surface area contributed by atoms with Crippen LogP contribution in [0.2, 0.25) is 0 Å². The lowest BCUT2D eigenvalue weighted by molar-refractivity contribution is 0.000551. The molecule has 2 aromatic carbocycles. The van der Waals surface area contributed by atoms with E-state index >= 15 is 0 Å². The number of aromatic nitrogens is 1. The Morgan fingerprint density at radius 3 is 2.28 bits per heavy atom. The maximum Gasteiger partial charge on any atom is 0.410 e. The van der Waals surface area contributed by atoms with Gasteiger partial charge in [0.25, 0.3) is 5.91 Å². The lowest BCUT2D eigenvalue weighted by atomic mass is 10.1. The van der Waals surface area contributed by atoms with Gasteiger partial charge in [-0.2, -0.15) is 0 Å². The van der Waals surface area contributed by atoms with Crippen molar-refractivity contribution in [1.82, 2.24) is 14.8 Å². The average Bonchev–Trinajstić information content (AvgIpc) is 2.89. The van der Waals surface area contributed by atoms with Crippen LogP contribution in [0.25, 0.3) is 0 Å². The molecule has 1 saturated heterocycles. The van der Waals surface area contributed by atoms with Crippen LogP contribution >= 0.6 is 0 Å². The van der Waals surface area contributed by atoms with E-state index in [0.29, 0.717) is 17.9 Å². The number of anilines is 3. The first-order valence-electron chi connectivity index (χ1n) is 13.1. The fourth-order valence-electron chi connectivity index (χ4n) is 4.43. The number of nitrogens with zero attached hydrogens (tertiary/aromatic N) is 4. The molecule has 0 bridgehead atoms. The zero-order valence-corrected chi connectivity index (χ0v) is 23.1. The first-order valence-corrected chi connectivity index (χ1v) is 13.1. The Labute approximate surface area is 229 Å². The fourth-order valence-corrected chi connectivity index (χ4v) is 4.43. The molecule has 0 unspecified atom stereocenters. The Hall–Kier alpha value is -3.98. The van der Waals surface area contributed by atoms with Crippen LogP contribution in [0.1, 0.15) is 43.7 Å². The van der Waals surface area contributed by atoms with Gasteiger partial charge in [-0.3, -0.25) is 9.69 Å². The zero-order valence-electron chi connectivity index (χ0n) is 23.1. The summed E-state index contributed by atoms with van der Waals surface area (Å²) < 4.78 is 18.6. The van der Waals surface area contributed by atoms with E-state index in [0.717, 1.165) is 36.6 Å². The summed E-state index contributed by atoms with van der Waals surface area (Å²) >= 11 is 0. The minimum absolute atomic E-state index is 0.0569. The van der Waals surface area contributed by atoms with Gasteiger partial charge in [0.1, 0.15) is 17.1 Å². The molecule has 0 radical (unpaired) electrons. The standard InChI is InChI=1S/C30H36FN5O3/c1-21-19-35(16-17-36(21)29(38)39-30(2,3)4)20-22-6-13-26(14-7-22)34(5)28(37)27-15-12-25(18-32-27)33-24-10-8-23(31)9-11-24/h6-15,18,21,33H,16-17,19-20H2,1-5H3/t21-/m0/s1. The number of ether oxygens (including phenoxy) is 1. The summed E-state index contributed by atoms with van der Waals surface area (Å²) in [5.41, 5.74) is 3.14. The molecule has 0 saturated carbocycles. The van der Waals surface area contributed by atoms with Crippen molar-refractivity contribution in [3.8, 4) is 0 Å². The highest BCUT2D eigenvalue weighted by atomic mass is 19.1. The second-order valence-corrected chi connectivity index (χ2v) is 10.9. The van der Waals surface area contributed by atoms with Crippen molar-refractivity contribution >= 4 is 29.1 Å². The number of pyridine rings is 1. The molecule has 1 aliphatic rings. The van der Waals surface area contributed by atoms with Gasteiger partial charge in [0.05, 0.1) is 11.9 Å². The number of nitrogens with one attached hydrogen (secondary N) is 1. The summed E-state index contributed by atoms with van der Waals surface area (Å²) in [5, 5.41) is 3.13. The van der Waals surface area contributed by atoms with Gasteiger partial charge in [-0.05, 0) is 81.8 Å². The Balaban J connectivity index is 1.30. The van der Waals surface area contributed by atoms with E-state index < -0.39 is 5.60 Å². The summed E-state index contributed by atoms with van der Waals surface area (Å²) in [5.74, 6) is -0.522. The molecule has 9 heteroatoms. The largest absolute Gasteiger partial charge is 0.444 e. The number of hydrogen-bond acceptors (Lipinski definition) is 6. The second kappa shape index (κ2) is 11.8. The molecule has 8 nitrogen and oxygen atoms in total. The highest BCUT2D eigenvalue weighted by Gasteiger charge is 2.30. The molecule has 3 aromatic rings. The number of piperazine rings is 1. The van der Waals surface area contributed by atoms with E-state index in [1.54, 1.807) is 47.3 Å². The highest BCUT2D eigenvalue weighted by Crippen LogP contribution is 2.21. The second-order valence-electron chi connectivity index (χ2n) is 10.9. The van der Waals surface area contributed by atoms with Crippen LogP contribution in [-0.4, -0.2) is 65.1 Å². The zero-order chi connectivity index (χ0) is 28.2. The Morgan fingerprint density at radius 2 is 1.69 bits per heavy atom. The lowest BCUT2D eigenvalue weighted by Gasteiger charge is -2.40. The molecule has 1 N–H and O–H groups in total. The van der Waals surface area contributed by atoms with Gasteiger partial charge >= 0.3 is 6.09 Å². The summed E-state index contributed by atoms with van der Waals surface area (Å²) in [6.07, 6.45) is 1.32. The van der Waals surface area contributed by atoms with E-state index in [-0.39, 0.29) is 23.9 Å². The summed E-state index contributed by atoms with van der Waals surface area (Å²) in [4.78, 5) is 35.5. The maximum absolute atomic E-state index is 13.1. The van der Waals surface area contributed by atoms with Gasteiger partial charge in [0, 0.05) is 50.6 Å². The van der Waals surface area contributed by atoms with E-state index in [2.05, 4.69) is 15.2 Å². The van der Waals surface area contributed by atoms with Crippen molar-refractivity contribution in [3.63, 3.8) is 0 Å². The number of carbonyl (C=O) groups excluding carboxylic acids is 2. The number of hydrogen-bond donors (Lipinski definition) is 1. The van der Waals surface area contributed by atoms with Crippen molar-refractivity contribution in [2.75, 3.05) is 36.9 Å². The van der Waals surface area contributed by atoms with Crippen molar-refractivity contribution in [2.24, 2.45) is 0 Å². The number of benzene rings is 2. The SMILES string of the molecule is C[C@H]1CN(Cc2ccc(N(C)C(=O)c3ccc(Nc4ccc(F)cc4)cn3)cc2)CCN1C(=O)OC(C)(C)C. The molecule has 1 aromatic heterocycles. The molecule has 2 amide bonds. The Morgan fingerprint density at radius 1 is 1.03 bits per heavy atom. The normalized spacial score (nSPS) is 16.1. The van der Waals surface area contributed by atoms with Crippen LogP contribution in [0, 0.1) is 5.82 Å².